The summed E-state index contributed by atoms with van der Waals surface area (Å²) in [5.41, 5.74) is 6.42. The Morgan fingerprint density at radius 1 is 1.73 bits per heavy atom. The topological polar surface area (TPSA) is 61.5 Å². The Morgan fingerprint density at radius 2 is 2.45 bits per heavy atom. The van der Waals surface area contributed by atoms with Gasteiger partial charge in [-0.25, -0.2) is 4.79 Å². The highest BCUT2D eigenvalue weighted by Crippen LogP contribution is 2.10. The Hall–Kier alpha value is -1.03. The molecule has 1 rings (SSSR count). The van der Waals surface area contributed by atoms with Crippen LogP contribution in [0.4, 0.5) is 0 Å². The molecule has 0 aliphatic carbocycles. The maximum absolute atomic E-state index is 11.0. The lowest BCUT2D eigenvalue weighted by Crippen LogP contribution is -2.12. The molecule has 0 unspecified atom stereocenters. The first kappa shape index (κ1) is 8.07. The van der Waals surface area contributed by atoms with Gasteiger partial charge in [0.05, 0.1) is 25.4 Å². The molecule has 0 aromatic heterocycles. The highest BCUT2D eigenvalue weighted by molar-refractivity contribution is 5.90. The molecule has 1 heterocycles. The van der Waals surface area contributed by atoms with E-state index in [0.717, 1.165) is 0 Å². The molecule has 0 aromatic carbocycles. The summed E-state index contributed by atoms with van der Waals surface area (Å²) in [7, 11) is 0. The Kier molecular flexibility index (Phi) is 2.48. The van der Waals surface area contributed by atoms with Crippen LogP contribution in [0.3, 0.4) is 0 Å². The molecule has 0 fully saturated rings. The maximum Gasteiger partial charge on any atom is 0.338 e. The number of hydrogen-bond donors (Lipinski definition) is 1. The Morgan fingerprint density at radius 3 is 2.91 bits per heavy atom. The van der Waals surface area contributed by atoms with Crippen molar-refractivity contribution in [2.75, 3.05) is 19.8 Å². The van der Waals surface area contributed by atoms with Gasteiger partial charge in [0.2, 0.25) is 0 Å². The number of hydrogen-bond acceptors (Lipinski definition) is 4. The van der Waals surface area contributed by atoms with Crippen molar-refractivity contribution in [3.63, 3.8) is 0 Å². The standard InChI is InChI=1S/C7H11NO3/c1-2-11-7(9)5-3-10-4-6(5)8/h2-4,8H2,1H3. The number of rotatable bonds is 2. The van der Waals surface area contributed by atoms with Crippen molar-refractivity contribution in [1.29, 1.82) is 0 Å². The summed E-state index contributed by atoms with van der Waals surface area (Å²) in [6.45, 7) is 2.75. The zero-order valence-electron chi connectivity index (χ0n) is 6.42. The summed E-state index contributed by atoms with van der Waals surface area (Å²) in [5.74, 6) is -0.359. The normalized spacial score (nSPS) is 17.2. The summed E-state index contributed by atoms with van der Waals surface area (Å²) in [6, 6.07) is 0. The van der Waals surface area contributed by atoms with E-state index in [1.54, 1.807) is 6.92 Å². The molecule has 0 aromatic rings. The predicted octanol–water partition coefficient (Wildman–Crippen LogP) is -0.208. The average molecular weight is 157 g/mol. The highest BCUT2D eigenvalue weighted by Gasteiger charge is 2.20. The van der Waals surface area contributed by atoms with Crippen molar-refractivity contribution in [1.82, 2.24) is 0 Å². The largest absolute Gasteiger partial charge is 0.463 e. The minimum atomic E-state index is -0.359. The Balaban J connectivity index is 2.59. The smallest absolute Gasteiger partial charge is 0.338 e. The highest BCUT2D eigenvalue weighted by atomic mass is 16.5. The van der Waals surface area contributed by atoms with Crippen LogP contribution in [0, 0.1) is 0 Å². The van der Waals surface area contributed by atoms with E-state index in [1.807, 2.05) is 0 Å². The van der Waals surface area contributed by atoms with Crippen LogP contribution in [0.5, 0.6) is 0 Å². The first-order valence-corrected chi connectivity index (χ1v) is 3.48. The quantitative estimate of drug-likeness (QED) is 0.563. The first-order valence-electron chi connectivity index (χ1n) is 3.48. The second-order valence-corrected chi connectivity index (χ2v) is 2.22. The fraction of sp³-hybridized carbons (Fsp3) is 0.571. The maximum atomic E-state index is 11.0. The van der Waals surface area contributed by atoms with Crippen molar-refractivity contribution in [2.24, 2.45) is 5.73 Å². The molecule has 4 nitrogen and oxygen atoms in total. The number of esters is 1. The van der Waals surface area contributed by atoms with E-state index in [0.29, 0.717) is 24.5 Å². The van der Waals surface area contributed by atoms with Gasteiger partial charge < -0.3 is 15.2 Å². The summed E-state index contributed by atoms with van der Waals surface area (Å²) in [5, 5.41) is 0. The predicted molar refractivity (Wildman–Crippen MR) is 38.7 cm³/mol. The third-order valence-electron chi connectivity index (χ3n) is 1.41. The third-order valence-corrected chi connectivity index (χ3v) is 1.41. The monoisotopic (exact) mass is 157 g/mol. The van der Waals surface area contributed by atoms with Gasteiger partial charge in [0.1, 0.15) is 0 Å². The number of nitrogens with two attached hydrogens (primary N) is 1. The van der Waals surface area contributed by atoms with E-state index >= 15 is 0 Å². The fourth-order valence-corrected chi connectivity index (χ4v) is 0.851. The van der Waals surface area contributed by atoms with Crippen molar-refractivity contribution < 1.29 is 14.3 Å². The van der Waals surface area contributed by atoms with Crippen molar-refractivity contribution >= 4 is 5.97 Å². The minimum absolute atomic E-state index is 0.282. The van der Waals surface area contributed by atoms with Crippen LogP contribution in [-0.4, -0.2) is 25.8 Å². The Bertz CT molecular complexity index is 198. The molecule has 0 radical (unpaired) electrons. The Labute approximate surface area is 65.0 Å². The second-order valence-electron chi connectivity index (χ2n) is 2.22. The molecule has 0 saturated carbocycles. The molecule has 0 spiro atoms. The van der Waals surface area contributed by atoms with E-state index in [-0.39, 0.29) is 12.6 Å². The van der Waals surface area contributed by atoms with E-state index in [2.05, 4.69) is 0 Å². The summed E-state index contributed by atoms with van der Waals surface area (Å²) >= 11 is 0. The summed E-state index contributed by atoms with van der Waals surface area (Å²) in [6.07, 6.45) is 0. The molecule has 62 valence electrons. The molecule has 0 amide bonds. The minimum Gasteiger partial charge on any atom is -0.463 e. The molecule has 1 aliphatic heterocycles. The van der Waals surface area contributed by atoms with Gasteiger partial charge in [-0.3, -0.25) is 0 Å². The molecule has 2 N–H and O–H groups in total. The van der Waals surface area contributed by atoms with Gasteiger partial charge in [0, 0.05) is 5.70 Å². The third kappa shape index (κ3) is 1.71. The lowest BCUT2D eigenvalue weighted by atomic mass is 10.2. The molecule has 0 saturated heterocycles. The first-order chi connectivity index (χ1) is 5.25. The molecule has 4 heteroatoms. The summed E-state index contributed by atoms with van der Waals surface area (Å²) < 4.78 is 9.68. The number of carbonyl (C=O) groups excluding carboxylic acids is 1. The van der Waals surface area contributed by atoms with E-state index in [4.69, 9.17) is 15.2 Å². The van der Waals surface area contributed by atoms with E-state index < -0.39 is 0 Å². The van der Waals surface area contributed by atoms with Crippen LogP contribution in [0.1, 0.15) is 6.92 Å². The molecule has 11 heavy (non-hydrogen) atoms. The van der Waals surface area contributed by atoms with Crippen LogP contribution < -0.4 is 5.73 Å². The van der Waals surface area contributed by atoms with Crippen LogP contribution in [-0.2, 0) is 14.3 Å². The van der Waals surface area contributed by atoms with Gasteiger partial charge in [-0.05, 0) is 6.92 Å². The van der Waals surface area contributed by atoms with Gasteiger partial charge >= 0.3 is 5.97 Å². The van der Waals surface area contributed by atoms with Crippen molar-refractivity contribution in [3.8, 4) is 0 Å². The number of ether oxygens (including phenoxy) is 2. The van der Waals surface area contributed by atoms with Gasteiger partial charge in [-0.15, -0.1) is 0 Å². The van der Waals surface area contributed by atoms with Gasteiger partial charge in [0.15, 0.2) is 0 Å². The lowest BCUT2D eigenvalue weighted by molar-refractivity contribution is -0.138. The van der Waals surface area contributed by atoms with Crippen molar-refractivity contribution in [2.45, 2.75) is 6.92 Å². The molecule has 1 aliphatic rings. The van der Waals surface area contributed by atoms with Crippen LogP contribution in [0.2, 0.25) is 0 Å². The van der Waals surface area contributed by atoms with E-state index in [1.165, 1.54) is 0 Å². The zero-order chi connectivity index (χ0) is 8.27. The molecule has 0 bridgehead atoms. The lowest BCUT2D eigenvalue weighted by Gasteiger charge is -2.00. The van der Waals surface area contributed by atoms with E-state index in [9.17, 15) is 4.79 Å². The van der Waals surface area contributed by atoms with Crippen molar-refractivity contribution in [3.05, 3.63) is 11.3 Å². The molecule has 0 atom stereocenters. The SMILES string of the molecule is CCOC(=O)C1=C(N)COC1. The van der Waals surface area contributed by atoms with Crippen LogP contribution in [0.25, 0.3) is 0 Å². The van der Waals surface area contributed by atoms with Gasteiger partial charge in [-0.2, -0.15) is 0 Å². The van der Waals surface area contributed by atoms with Crippen LogP contribution >= 0.6 is 0 Å². The number of carbonyl (C=O) groups is 1. The average Bonchev–Trinajstić information content (AvgIpc) is 2.36. The fourth-order valence-electron chi connectivity index (χ4n) is 0.851. The van der Waals surface area contributed by atoms with Gasteiger partial charge in [0.25, 0.3) is 0 Å². The molecular formula is C7H11NO3. The second kappa shape index (κ2) is 3.39. The van der Waals surface area contributed by atoms with Crippen LogP contribution in [0.15, 0.2) is 11.3 Å². The molecular weight excluding hydrogens is 146 g/mol. The zero-order valence-corrected chi connectivity index (χ0v) is 6.42. The van der Waals surface area contributed by atoms with Gasteiger partial charge in [-0.1, -0.05) is 0 Å². The summed E-state index contributed by atoms with van der Waals surface area (Å²) in [4.78, 5) is 11.0.